The van der Waals surface area contributed by atoms with E-state index in [9.17, 15) is 17.2 Å². The van der Waals surface area contributed by atoms with Crippen molar-refractivity contribution in [1.82, 2.24) is 4.72 Å². The lowest BCUT2D eigenvalue weighted by molar-refractivity contribution is 0.270. The Morgan fingerprint density at radius 1 is 1.33 bits per heavy atom. The first-order chi connectivity index (χ1) is 8.29. The molecule has 2 rings (SSSR count). The van der Waals surface area contributed by atoms with Crippen LogP contribution in [0, 0.1) is 17.6 Å². The Bertz CT molecular complexity index is 569. The summed E-state index contributed by atoms with van der Waals surface area (Å²) >= 11 is 0. The molecule has 1 aromatic rings. The van der Waals surface area contributed by atoms with Crippen molar-refractivity contribution in [2.24, 2.45) is 5.92 Å². The minimum absolute atomic E-state index is 0.128. The average Bonchev–Trinajstić information content (AvgIpc) is 2.20. The molecule has 1 aromatic carbocycles. The number of anilines is 1. The van der Waals surface area contributed by atoms with Crippen molar-refractivity contribution < 1.29 is 17.2 Å². The molecule has 0 atom stereocenters. The molecule has 0 aliphatic heterocycles. The lowest BCUT2D eigenvalue weighted by atomic mass is 9.83. The van der Waals surface area contributed by atoms with Gasteiger partial charge in [-0.3, -0.25) is 0 Å². The molecule has 18 heavy (non-hydrogen) atoms. The smallest absolute Gasteiger partial charge is 0.243 e. The van der Waals surface area contributed by atoms with Gasteiger partial charge < -0.3 is 5.73 Å². The monoisotopic (exact) mass is 276 g/mol. The minimum atomic E-state index is -4.06. The van der Waals surface area contributed by atoms with Gasteiger partial charge in [0.05, 0.1) is 0 Å². The highest BCUT2D eigenvalue weighted by Gasteiger charge is 2.31. The van der Waals surface area contributed by atoms with Crippen LogP contribution in [-0.4, -0.2) is 14.5 Å². The molecule has 0 saturated heterocycles. The van der Waals surface area contributed by atoms with Gasteiger partial charge in [0.15, 0.2) is 11.6 Å². The summed E-state index contributed by atoms with van der Waals surface area (Å²) in [5.74, 6) is -2.22. The molecule has 0 heterocycles. The number of rotatable bonds is 3. The maximum atomic E-state index is 13.5. The molecule has 1 saturated carbocycles. The van der Waals surface area contributed by atoms with Crippen molar-refractivity contribution in [1.29, 1.82) is 0 Å². The number of hydrogen-bond acceptors (Lipinski definition) is 3. The molecule has 0 bridgehead atoms. The maximum absolute atomic E-state index is 13.5. The Kier molecular flexibility index (Phi) is 3.29. The predicted molar refractivity (Wildman–Crippen MR) is 63.3 cm³/mol. The van der Waals surface area contributed by atoms with E-state index in [0.717, 1.165) is 12.1 Å². The van der Waals surface area contributed by atoms with Gasteiger partial charge in [-0.05, 0) is 30.9 Å². The van der Waals surface area contributed by atoms with Crippen LogP contribution in [0.1, 0.15) is 19.8 Å². The second-order valence-corrected chi connectivity index (χ2v) is 6.39. The Morgan fingerprint density at radius 3 is 2.50 bits per heavy atom. The molecule has 4 nitrogen and oxygen atoms in total. The molecule has 0 spiro atoms. The van der Waals surface area contributed by atoms with Crippen molar-refractivity contribution in [3.05, 3.63) is 23.8 Å². The van der Waals surface area contributed by atoms with Gasteiger partial charge in [-0.25, -0.2) is 21.9 Å². The van der Waals surface area contributed by atoms with Crippen LogP contribution < -0.4 is 10.5 Å². The van der Waals surface area contributed by atoms with Gasteiger partial charge in [0.2, 0.25) is 10.0 Å². The Morgan fingerprint density at radius 2 is 1.94 bits per heavy atom. The first-order valence-corrected chi connectivity index (χ1v) is 7.05. The summed E-state index contributed by atoms with van der Waals surface area (Å²) in [5, 5.41) is 0. The van der Waals surface area contributed by atoms with Crippen LogP contribution in [0.2, 0.25) is 0 Å². The van der Waals surface area contributed by atoms with Crippen LogP contribution in [0.4, 0.5) is 14.5 Å². The van der Waals surface area contributed by atoms with Gasteiger partial charge in [0, 0.05) is 11.7 Å². The number of halogens is 2. The van der Waals surface area contributed by atoms with Gasteiger partial charge in [-0.15, -0.1) is 0 Å². The van der Waals surface area contributed by atoms with E-state index in [4.69, 9.17) is 5.73 Å². The second kappa shape index (κ2) is 4.47. The molecule has 1 fully saturated rings. The zero-order chi connectivity index (χ0) is 13.5. The largest absolute Gasteiger partial charge is 0.399 e. The molecule has 0 radical (unpaired) electrons. The second-order valence-electron chi connectivity index (χ2n) is 4.71. The van der Waals surface area contributed by atoms with E-state index in [1.54, 1.807) is 0 Å². The lowest BCUT2D eigenvalue weighted by Crippen LogP contribution is -2.43. The summed E-state index contributed by atoms with van der Waals surface area (Å²) in [7, 11) is -4.06. The van der Waals surface area contributed by atoms with Gasteiger partial charge >= 0.3 is 0 Å². The summed E-state index contributed by atoms with van der Waals surface area (Å²) in [6, 6.07) is 1.46. The van der Waals surface area contributed by atoms with Gasteiger partial charge in [-0.2, -0.15) is 0 Å². The molecule has 1 aliphatic carbocycles. The van der Waals surface area contributed by atoms with E-state index in [1.165, 1.54) is 0 Å². The van der Waals surface area contributed by atoms with Gasteiger partial charge in [0.1, 0.15) is 4.90 Å². The summed E-state index contributed by atoms with van der Waals surface area (Å²) in [6.07, 6.45) is 1.40. The van der Waals surface area contributed by atoms with Crippen molar-refractivity contribution >= 4 is 15.7 Å². The first kappa shape index (κ1) is 13.2. The lowest BCUT2D eigenvalue weighted by Gasteiger charge is -2.32. The SMILES string of the molecule is CC1CC(NS(=O)(=O)c2cc(N)cc(F)c2F)C1. The third-order valence-corrected chi connectivity index (χ3v) is 4.52. The number of sulfonamides is 1. The van der Waals surface area contributed by atoms with E-state index >= 15 is 0 Å². The van der Waals surface area contributed by atoms with E-state index in [0.29, 0.717) is 18.8 Å². The zero-order valence-corrected chi connectivity index (χ0v) is 10.6. The fraction of sp³-hybridized carbons (Fsp3) is 0.455. The van der Waals surface area contributed by atoms with Crippen LogP contribution in [0.25, 0.3) is 0 Å². The van der Waals surface area contributed by atoms with E-state index in [2.05, 4.69) is 4.72 Å². The number of nitrogens with two attached hydrogens (primary N) is 1. The van der Waals surface area contributed by atoms with Crippen LogP contribution in [0.3, 0.4) is 0 Å². The fourth-order valence-corrected chi connectivity index (χ4v) is 3.44. The highest BCUT2D eigenvalue weighted by molar-refractivity contribution is 7.89. The maximum Gasteiger partial charge on any atom is 0.243 e. The molecule has 1 aliphatic rings. The Labute approximate surface area is 104 Å². The molecular weight excluding hydrogens is 262 g/mol. The topological polar surface area (TPSA) is 72.2 Å². The molecule has 7 heteroatoms. The normalized spacial score (nSPS) is 23.7. The average molecular weight is 276 g/mol. The molecule has 0 amide bonds. The predicted octanol–water partition coefficient (Wildman–Crippen LogP) is 1.62. The van der Waals surface area contributed by atoms with Crippen LogP contribution in [-0.2, 0) is 10.0 Å². The van der Waals surface area contributed by atoms with Crippen LogP contribution in [0.5, 0.6) is 0 Å². The summed E-state index contributed by atoms with van der Waals surface area (Å²) in [6.45, 7) is 1.99. The highest BCUT2D eigenvalue weighted by atomic mass is 32.2. The van der Waals surface area contributed by atoms with Gasteiger partial charge in [-0.1, -0.05) is 6.92 Å². The van der Waals surface area contributed by atoms with Crippen LogP contribution >= 0.6 is 0 Å². The van der Waals surface area contributed by atoms with Crippen molar-refractivity contribution in [2.45, 2.75) is 30.7 Å². The van der Waals surface area contributed by atoms with Crippen molar-refractivity contribution in [3.8, 4) is 0 Å². The number of benzene rings is 1. The summed E-state index contributed by atoms with van der Waals surface area (Å²) < 4.78 is 52.7. The summed E-state index contributed by atoms with van der Waals surface area (Å²) in [4.78, 5) is -0.737. The quantitative estimate of drug-likeness (QED) is 0.824. The number of nitrogen functional groups attached to an aromatic ring is 1. The Hall–Kier alpha value is -1.21. The molecule has 0 unspecified atom stereocenters. The van der Waals surface area contributed by atoms with Crippen molar-refractivity contribution in [2.75, 3.05) is 5.73 Å². The van der Waals surface area contributed by atoms with Crippen LogP contribution in [0.15, 0.2) is 17.0 Å². The van der Waals surface area contributed by atoms with E-state index in [-0.39, 0.29) is 11.7 Å². The third kappa shape index (κ3) is 2.46. The number of hydrogen-bond donors (Lipinski definition) is 2. The zero-order valence-electron chi connectivity index (χ0n) is 9.78. The summed E-state index contributed by atoms with van der Waals surface area (Å²) in [5.41, 5.74) is 5.20. The molecule has 100 valence electrons. The Balaban J connectivity index is 2.29. The van der Waals surface area contributed by atoms with E-state index in [1.807, 2.05) is 6.92 Å². The highest BCUT2D eigenvalue weighted by Crippen LogP contribution is 2.29. The van der Waals surface area contributed by atoms with Gasteiger partial charge in [0.25, 0.3) is 0 Å². The minimum Gasteiger partial charge on any atom is -0.399 e. The standard InChI is InChI=1S/C11H14F2N2O2S/c1-6-2-8(3-6)15-18(16,17)10-5-7(14)4-9(12)11(10)13/h4-6,8,15H,2-3,14H2,1H3. The van der Waals surface area contributed by atoms with Crippen molar-refractivity contribution in [3.63, 3.8) is 0 Å². The first-order valence-electron chi connectivity index (χ1n) is 5.56. The fourth-order valence-electron chi connectivity index (χ4n) is 2.06. The molecule has 0 aromatic heterocycles. The van der Waals surface area contributed by atoms with E-state index < -0.39 is 26.6 Å². The molecular formula is C11H14F2N2O2S. The third-order valence-electron chi connectivity index (χ3n) is 3.00. The molecule has 3 N–H and O–H groups in total. The number of nitrogens with one attached hydrogen (secondary N) is 1.